The highest BCUT2D eigenvalue weighted by molar-refractivity contribution is 5.97. The Morgan fingerprint density at radius 3 is 2.53 bits per heavy atom. The summed E-state index contributed by atoms with van der Waals surface area (Å²) >= 11 is 0. The molecule has 9 heteroatoms. The van der Waals surface area contributed by atoms with Crippen LogP contribution in [0.5, 0.6) is 5.75 Å². The summed E-state index contributed by atoms with van der Waals surface area (Å²) in [5.74, 6) is 0.451. The summed E-state index contributed by atoms with van der Waals surface area (Å²) < 4.78 is 14.3. The fourth-order valence-electron chi connectivity index (χ4n) is 4.99. The maximum atomic E-state index is 13.5. The summed E-state index contributed by atoms with van der Waals surface area (Å²) in [4.78, 5) is 34.6. The van der Waals surface area contributed by atoms with Crippen LogP contribution in [-0.4, -0.2) is 81.4 Å². The van der Waals surface area contributed by atoms with E-state index in [4.69, 9.17) is 9.47 Å². The van der Waals surface area contributed by atoms with E-state index in [1.165, 1.54) is 6.33 Å². The number of hydrogen-bond donors (Lipinski definition) is 0. The van der Waals surface area contributed by atoms with Crippen molar-refractivity contribution in [2.75, 3.05) is 32.8 Å². The number of nitrogens with zero attached hydrogens (tertiary/aromatic N) is 5. The molecule has 0 unspecified atom stereocenters. The lowest BCUT2D eigenvalue weighted by molar-refractivity contribution is -0.139. The first-order chi connectivity index (χ1) is 17.4. The number of rotatable bonds is 3. The first-order valence-electron chi connectivity index (χ1n) is 13.2. The third kappa shape index (κ3) is 5.88. The highest BCUT2D eigenvalue weighted by atomic mass is 16.5. The van der Waals surface area contributed by atoms with Crippen LogP contribution in [-0.2, 0) is 15.1 Å². The van der Waals surface area contributed by atoms with E-state index in [1.807, 2.05) is 49.9 Å². The molecule has 0 spiro atoms. The van der Waals surface area contributed by atoms with E-state index in [9.17, 15) is 9.59 Å². The number of carbonyl (C=O) groups is 2. The molecule has 1 fully saturated rings. The summed E-state index contributed by atoms with van der Waals surface area (Å²) in [5, 5.41) is 4.19. The molecule has 0 bridgehead atoms. The van der Waals surface area contributed by atoms with Crippen LogP contribution in [0.2, 0.25) is 0 Å². The van der Waals surface area contributed by atoms with E-state index in [0.717, 1.165) is 45.1 Å². The fraction of sp³-hybridized carbons (Fsp3) is 0.630. The zero-order chi connectivity index (χ0) is 25.5. The first kappa shape index (κ1) is 26.1. The molecule has 4 rings (SSSR count). The molecule has 2 aromatic rings. The van der Waals surface area contributed by atoms with E-state index < -0.39 is 5.54 Å². The van der Waals surface area contributed by atoms with Crippen molar-refractivity contribution in [1.82, 2.24) is 24.6 Å². The average molecular weight is 498 g/mol. The molecule has 196 valence electrons. The Kier molecular flexibility index (Phi) is 8.61. The monoisotopic (exact) mass is 497 g/mol. The largest absolute Gasteiger partial charge is 0.485 e. The molecule has 2 amide bonds. The van der Waals surface area contributed by atoms with Crippen LogP contribution >= 0.6 is 0 Å². The normalized spacial score (nSPS) is 22.6. The molecule has 0 aliphatic carbocycles. The summed E-state index contributed by atoms with van der Waals surface area (Å²) in [6.07, 6.45) is 8.87. The van der Waals surface area contributed by atoms with E-state index in [1.54, 1.807) is 15.9 Å². The van der Waals surface area contributed by atoms with Gasteiger partial charge in [0.25, 0.3) is 5.91 Å². The van der Waals surface area contributed by atoms with Crippen LogP contribution in [0.25, 0.3) is 0 Å². The molecule has 9 nitrogen and oxygen atoms in total. The van der Waals surface area contributed by atoms with E-state index in [0.29, 0.717) is 37.6 Å². The predicted molar refractivity (Wildman–Crippen MR) is 136 cm³/mol. The van der Waals surface area contributed by atoms with Gasteiger partial charge in [0, 0.05) is 19.7 Å². The summed E-state index contributed by atoms with van der Waals surface area (Å²) in [7, 11) is 0. The second kappa shape index (κ2) is 11.9. The van der Waals surface area contributed by atoms with Crippen molar-refractivity contribution in [3.05, 3.63) is 42.5 Å². The minimum atomic E-state index is -0.888. The molecule has 2 aliphatic heterocycles. The van der Waals surface area contributed by atoms with Crippen molar-refractivity contribution >= 4 is 11.8 Å². The van der Waals surface area contributed by atoms with Crippen molar-refractivity contribution in [3.8, 4) is 5.75 Å². The number of benzene rings is 1. The Hall–Kier alpha value is -2.94. The molecule has 1 aromatic carbocycles. The number of aromatic nitrogens is 3. The van der Waals surface area contributed by atoms with Crippen LogP contribution in [0.1, 0.15) is 69.7 Å². The molecule has 2 aliphatic rings. The second-order valence-electron chi connectivity index (χ2n) is 10.2. The molecule has 2 atom stereocenters. The lowest BCUT2D eigenvalue weighted by Crippen LogP contribution is -2.47. The number of hydrogen-bond acceptors (Lipinski definition) is 6. The van der Waals surface area contributed by atoms with Gasteiger partial charge in [0.15, 0.2) is 0 Å². The van der Waals surface area contributed by atoms with Gasteiger partial charge in [-0.15, -0.1) is 0 Å². The molecule has 1 saturated heterocycles. The van der Waals surface area contributed by atoms with Gasteiger partial charge in [0.05, 0.1) is 18.7 Å². The van der Waals surface area contributed by atoms with Crippen LogP contribution in [0, 0.1) is 0 Å². The highest BCUT2D eigenvalue weighted by Crippen LogP contribution is 2.28. The molecule has 1 aromatic heterocycles. The SMILES string of the molecule is CCN1CCCCCCCCO[C@@H]2CN(C(=O)C(C)(C)n3cncn3)C[C@H]2Oc2ccccc2C1=O. The lowest BCUT2D eigenvalue weighted by Gasteiger charge is -2.29. The Bertz CT molecular complexity index is 1010. The van der Waals surface area contributed by atoms with Gasteiger partial charge in [-0.2, -0.15) is 5.10 Å². The Morgan fingerprint density at radius 2 is 1.78 bits per heavy atom. The van der Waals surface area contributed by atoms with Crippen molar-refractivity contribution in [1.29, 1.82) is 0 Å². The number of para-hydroxylation sites is 1. The van der Waals surface area contributed by atoms with Gasteiger partial charge in [-0.3, -0.25) is 9.59 Å². The quantitative estimate of drug-likeness (QED) is 0.645. The minimum Gasteiger partial charge on any atom is -0.485 e. The maximum absolute atomic E-state index is 13.5. The first-order valence-corrected chi connectivity index (χ1v) is 13.2. The average Bonchev–Trinajstić information content (AvgIpc) is 3.55. The number of amides is 2. The standard InChI is InChI=1S/C27H39N5O4/c1-4-30-15-11-7-5-6-8-12-16-35-23-17-31(26(34)27(2,3)32-20-28-19-29-32)18-24(23)36-22-14-10-9-13-21(22)25(30)33/h9-10,13-14,19-20,23-24H,4-8,11-12,15-18H2,1-3H3/t23-,24-/m1/s1. The van der Waals surface area contributed by atoms with Crippen molar-refractivity contribution in [2.45, 2.75) is 77.0 Å². The van der Waals surface area contributed by atoms with E-state index in [-0.39, 0.29) is 24.0 Å². The molecular weight excluding hydrogens is 458 g/mol. The van der Waals surface area contributed by atoms with E-state index in [2.05, 4.69) is 10.1 Å². The van der Waals surface area contributed by atoms with Gasteiger partial charge >= 0.3 is 0 Å². The number of likely N-dealkylation sites (tertiary alicyclic amines) is 1. The summed E-state index contributed by atoms with van der Waals surface area (Å²) in [6, 6.07) is 7.41. The Morgan fingerprint density at radius 1 is 1.06 bits per heavy atom. The van der Waals surface area contributed by atoms with Crippen molar-refractivity contribution in [2.24, 2.45) is 0 Å². The van der Waals surface area contributed by atoms with Crippen LogP contribution in [0.15, 0.2) is 36.9 Å². The van der Waals surface area contributed by atoms with Gasteiger partial charge < -0.3 is 19.3 Å². The molecule has 36 heavy (non-hydrogen) atoms. The third-order valence-corrected chi connectivity index (χ3v) is 7.24. The molecular formula is C27H39N5O4. The van der Waals surface area contributed by atoms with Crippen LogP contribution in [0.3, 0.4) is 0 Å². The summed E-state index contributed by atoms with van der Waals surface area (Å²) in [5.41, 5.74) is -0.335. The number of fused-ring (bicyclic) bond motifs is 2. The Balaban J connectivity index is 1.58. The van der Waals surface area contributed by atoms with Gasteiger partial charge in [-0.25, -0.2) is 9.67 Å². The highest BCUT2D eigenvalue weighted by Gasteiger charge is 2.43. The molecule has 0 N–H and O–H groups in total. The lowest BCUT2D eigenvalue weighted by atomic mass is 10.0. The molecule has 0 saturated carbocycles. The smallest absolute Gasteiger partial charge is 0.257 e. The Labute approximate surface area is 213 Å². The predicted octanol–water partition coefficient (Wildman–Crippen LogP) is 3.50. The zero-order valence-corrected chi connectivity index (χ0v) is 21.8. The van der Waals surface area contributed by atoms with Crippen molar-refractivity contribution < 1.29 is 19.1 Å². The minimum absolute atomic E-state index is 0.0177. The number of ether oxygens (including phenoxy) is 2. The van der Waals surface area contributed by atoms with Crippen LogP contribution in [0.4, 0.5) is 0 Å². The van der Waals surface area contributed by atoms with Gasteiger partial charge in [-0.1, -0.05) is 37.8 Å². The molecule has 0 radical (unpaired) electrons. The van der Waals surface area contributed by atoms with Gasteiger partial charge in [-0.05, 0) is 45.7 Å². The van der Waals surface area contributed by atoms with Crippen LogP contribution < -0.4 is 4.74 Å². The zero-order valence-electron chi connectivity index (χ0n) is 21.8. The maximum Gasteiger partial charge on any atom is 0.257 e. The van der Waals surface area contributed by atoms with Gasteiger partial charge in [0.1, 0.15) is 36.2 Å². The molecule has 3 heterocycles. The topological polar surface area (TPSA) is 89.8 Å². The number of carbonyl (C=O) groups excluding carboxylic acids is 2. The summed E-state index contributed by atoms with van der Waals surface area (Å²) in [6.45, 7) is 8.52. The fourth-order valence-corrected chi connectivity index (χ4v) is 4.99. The third-order valence-electron chi connectivity index (χ3n) is 7.24. The van der Waals surface area contributed by atoms with Crippen molar-refractivity contribution in [3.63, 3.8) is 0 Å². The second-order valence-corrected chi connectivity index (χ2v) is 10.2. The van der Waals surface area contributed by atoms with Gasteiger partial charge in [0.2, 0.25) is 5.91 Å². The van der Waals surface area contributed by atoms with E-state index >= 15 is 0 Å².